The number of carbonyl (C=O) groups excluding carboxylic acids is 1. The van der Waals surface area contributed by atoms with Gasteiger partial charge in [-0.2, -0.15) is 0 Å². The molecule has 0 aliphatic heterocycles. The van der Waals surface area contributed by atoms with Crippen LogP contribution in [-0.2, 0) is 11.2 Å². The molecule has 6 nitrogen and oxygen atoms in total. The maximum atomic E-state index is 11.9. The van der Waals surface area contributed by atoms with Gasteiger partial charge in [0.25, 0.3) is 5.91 Å². The molecule has 0 bridgehead atoms. The van der Waals surface area contributed by atoms with Gasteiger partial charge in [-0.25, -0.2) is 4.79 Å². The number of hydrogen-bond donors (Lipinski definition) is 2. The third-order valence-electron chi connectivity index (χ3n) is 3.92. The Bertz CT molecular complexity index is 768. The van der Waals surface area contributed by atoms with E-state index in [1.807, 2.05) is 6.07 Å². The molecule has 0 radical (unpaired) electrons. The Labute approximate surface area is 146 Å². The van der Waals surface area contributed by atoms with Crippen molar-refractivity contribution in [3.63, 3.8) is 0 Å². The first kappa shape index (κ1) is 19.0. The molecule has 0 aliphatic rings. The quantitative estimate of drug-likeness (QED) is 0.537. The molecule has 0 saturated carbocycles. The smallest absolute Gasteiger partial charge is 0.336 e. The Morgan fingerprint density at radius 2 is 2.12 bits per heavy atom. The highest BCUT2D eigenvalue weighted by molar-refractivity contribution is 5.83. The van der Waals surface area contributed by atoms with Crippen LogP contribution in [0.5, 0.6) is 5.75 Å². The van der Waals surface area contributed by atoms with Gasteiger partial charge in [0.15, 0.2) is 6.10 Å². The number of nitrogens with one attached hydrogen (secondary N) is 1. The summed E-state index contributed by atoms with van der Waals surface area (Å²) in [4.78, 5) is 23.7. The molecule has 0 aliphatic carbocycles. The van der Waals surface area contributed by atoms with E-state index in [2.05, 4.69) is 12.2 Å². The molecule has 1 aromatic carbocycles. The van der Waals surface area contributed by atoms with Crippen LogP contribution in [0.25, 0.3) is 11.0 Å². The van der Waals surface area contributed by atoms with Crippen molar-refractivity contribution in [3.05, 3.63) is 40.2 Å². The Balaban J connectivity index is 2.15. The maximum Gasteiger partial charge on any atom is 0.336 e. The van der Waals surface area contributed by atoms with Crippen molar-refractivity contribution in [3.8, 4) is 5.75 Å². The van der Waals surface area contributed by atoms with Gasteiger partial charge in [-0.1, -0.05) is 13.3 Å². The molecule has 6 heteroatoms. The first-order valence-corrected chi connectivity index (χ1v) is 8.67. The predicted molar refractivity (Wildman–Crippen MR) is 95.9 cm³/mol. The normalized spacial score (nSPS) is 12.1. The fraction of sp³-hybridized carbons (Fsp3) is 0.474. The van der Waals surface area contributed by atoms with Crippen molar-refractivity contribution >= 4 is 16.9 Å². The number of unbranched alkanes of at least 4 members (excludes halogenated alkanes) is 1. The second kappa shape index (κ2) is 9.22. The number of benzene rings is 1. The molecule has 1 heterocycles. The molecule has 2 rings (SSSR count). The Kier molecular flexibility index (Phi) is 7.01. The Morgan fingerprint density at radius 1 is 1.32 bits per heavy atom. The Morgan fingerprint density at radius 3 is 2.84 bits per heavy atom. The number of aryl methyl sites for hydroxylation is 1. The van der Waals surface area contributed by atoms with Gasteiger partial charge in [-0.3, -0.25) is 4.79 Å². The van der Waals surface area contributed by atoms with E-state index in [0.717, 1.165) is 30.2 Å². The van der Waals surface area contributed by atoms with Crippen molar-refractivity contribution in [2.75, 3.05) is 13.2 Å². The number of fused-ring (bicyclic) bond motifs is 1. The van der Waals surface area contributed by atoms with E-state index < -0.39 is 6.10 Å². The van der Waals surface area contributed by atoms with E-state index >= 15 is 0 Å². The monoisotopic (exact) mass is 347 g/mol. The zero-order chi connectivity index (χ0) is 18.2. The summed E-state index contributed by atoms with van der Waals surface area (Å²) in [5.74, 6) is 0.208. The van der Waals surface area contributed by atoms with E-state index in [0.29, 0.717) is 24.3 Å². The lowest BCUT2D eigenvalue weighted by molar-refractivity contribution is -0.127. The number of hydrogen-bond acceptors (Lipinski definition) is 5. The van der Waals surface area contributed by atoms with Crippen LogP contribution in [-0.4, -0.2) is 30.3 Å². The average Bonchev–Trinajstić information content (AvgIpc) is 2.59. The van der Waals surface area contributed by atoms with Crippen LogP contribution < -0.4 is 15.7 Å². The van der Waals surface area contributed by atoms with Crippen molar-refractivity contribution in [2.45, 2.75) is 45.6 Å². The lowest BCUT2D eigenvalue weighted by Crippen LogP contribution is -2.37. The van der Waals surface area contributed by atoms with Crippen LogP contribution >= 0.6 is 0 Å². The van der Waals surface area contributed by atoms with Crippen LogP contribution in [0.2, 0.25) is 0 Å². The van der Waals surface area contributed by atoms with Gasteiger partial charge < -0.3 is 19.6 Å². The molecule has 1 unspecified atom stereocenters. The molecule has 0 spiro atoms. The average molecular weight is 347 g/mol. The topological polar surface area (TPSA) is 88.8 Å². The number of amides is 1. The van der Waals surface area contributed by atoms with E-state index in [9.17, 15) is 9.59 Å². The van der Waals surface area contributed by atoms with E-state index in [4.69, 9.17) is 14.3 Å². The van der Waals surface area contributed by atoms with Gasteiger partial charge in [0, 0.05) is 30.7 Å². The molecule has 2 N–H and O–H groups in total. The van der Waals surface area contributed by atoms with Crippen molar-refractivity contribution < 1.29 is 19.1 Å². The summed E-state index contributed by atoms with van der Waals surface area (Å²) < 4.78 is 10.9. The molecule has 136 valence electrons. The van der Waals surface area contributed by atoms with Gasteiger partial charge in [0.05, 0.1) is 0 Å². The third-order valence-corrected chi connectivity index (χ3v) is 3.92. The zero-order valence-corrected chi connectivity index (χ0v) is 14.7. The summed E-state index contributed by atoms with van der Waals surface area (Å²) in [5, 5.41) is 12.3. The van der Waals surface area contributed by atoms with E-state index in [1.165, 1.54) is 6.07 Å². The van der Waals surface area contributed by atoms with Gasteiger partial charge in [0.2, 0.25) is 0 Å². The SMILES string of the molecule is CCCCc1cc(=O)oc2cc(OC(C)C(=O)NCCCO)ccc12. The molecule has 0 saturated heterocycles. The van der Waals surface area contributed by atoms with Crippen molar-refractivity contribution in [1.82, 2.24) is 5.32 Å². The third kappa shape index (κ3) is 5.32. The fourth-order valence-electron chi connectivity index (χ4n) is 2.55. The number of ether oxygens (including phenoxy) is 1. The molecule has 25 heavy (non-hydrogen) atoms. The minimum Gasteiger partial charge on any atom is -0.481 e. The fourth-order valence-corrected chi connectivity index (χ4v) is 2.55. The predicted octanol–water partition coefficient (Wildman–Crippen LogP) is 2.40. The molecule has 1 atom stereocenters. The lowest BCUT2D eigenvalue weighted by Gasteiger charge is -2.15. The highest BCUT2D eigenvalue weighted by Crippen LogP contribution is 2.24. The van der Waals surface area contributed by atoms with Crippen LogP contribution in [0, 0.1) is 0 Å². The summed E-state index contributed by atoms with van der Waals surface area (Å²) in [6.45, 7) is 4.18. The molecule has 1 aromatic heterocycles. The van der Waals surface area contributed by atoms with Gasteiger partial charge in [-0.05, 0) is 43.9 Å². The summed E-state index contributed by atoms with van der Waals surface area (Å²) in [6.07, 6.45) is 2.68. The largest absolute Gasteiger partial charge is 0.481 e. The zero-order valence-electron chi connectivity index (χ0n) is 14.7. The maximum absolute atomic E-state index is 11.9. The van der Waals surface area contributed by atoms with Crippen LogP contribution in [0.3, 0.4) is 0 Å². The molecular formula is C19H25NO5. The second-order valence-electron chi connectivity index (χ2n) is 5.98. The summed E-state index contributed by atoms with van der Waals surface area (Å²) in [7, 11) is 0. The minimum atomic E-state index is -0.689. The summed E-state index contributed by atoms with van der Waals surface area (Å²) in [6, 6.07) is 6.81. The lowest BCUT2D eigenvalue weighted by atomic mass is 10.0. The highest BCUT2D eigenvalue weighted by atomic mass is 16.5. The van der Waals surface area contributed by atoms with E-state index in [1.54, 1.807) is 19.1 Å². The molecule has 0 fully saturated rings. The standard InChI is InChI=1S/C19H25NO5/c1-3-4-6-14-11-18(22)25-17-12-15(7-8-16(14)17)24-13(2)19(23)20-9-5-10-21/h7-8,11-13,21H,3-6,9-10H2,1-2H3,(H,20,23). The van der Waals surface area contributed by atoms with Gasteiger partial charge in [0.1, 0.15) is 11.3 Å². The van der Waals surface area contributed by atoms with E-state index in [-0.39, 0.29) is 18.1 Å². The first-order chi connectivity index (χ1) is 12.0. The van der Waals surface area contributed by atoms with Gasteiger partial charge in [-0.15, -0.1) is 0 Å². The van der Waals surface area contributed by atoms with Crippen LogP contribution in [0.4, 0.5) is 0 Å². The van der Waals surface area contributed by atoms with Crippen LogP contribution in [0.15, 0.2) is 33.5 Å². The highest BCUT2D eigenvalue weighted by Gasteiger charge is 2.15. The van der Waals surface area contributed by atoms with Crippen LogP contribution in [0.1, 0.15) is 38.7 Å². The second-order valence-corrected chi connectivity index (χ2v) is 5.98. The molecule has 1 amide bonds. The minimum absolute atomic E-state index is 0.0274. The van der Waals surface area contributed by atoms with Gasteiger partial charge >= 0.3 is 5.63 Å². The number of aliphatic hydroxyl groups is 1. The van der Waals surface area contributed by atoms with Crippen molar-refractivity contribution in [2.24, 2.45) is 0 Å². The van der Waals surface area contributed by atoms with Crippen molar-refractivity contribution in [1.29, 1.82) is 0 Å². The first-order valence-electron chi connectivity index (χ1n) is 8.67. The number of carbonyl (C=O) groups is 1. The molecular weight excluding hydrogens is 322 g/mol. The summed E-state index contributed by atoms with van der Waals surface area (Å²) in [5.41, 5.74) is 1.05. The number of aliphatic hydroxyl groups excluding tert-OH is 1. The number of rotatable bonds is 9. The Hall–Kier alpha value is -2.34. The molecule has 2 aromatic rings. The summed E-state index contributed by atoms with van der Waals surface area (Å²) >= 11 is 0.